The van der Waals surface area contributed by atoms with Crippen molar-refractivity contribution in [2.45, 2.75) is 57.3 Å². The van der Waals surface area contributed by atoms with Crippen molar-refractivity contribution in [1.29, 1.82) is 0 Å². The van der Waals surface area contributed by atoms with E-state index in [4.69, 9.17) is 10.2 Å². The van der Waals surface area contributed by atoms with Crippen molar-refractivity contribution < 1.29 is 14.3 Å². The number of benzene rings is 2. The molecule has 0 aromatic heterocycles. The molecule has 0 radical (unpaired) electrons. The van der Waals surface area contributed by atoms with Crippen LogP contribution < -0.4 is 16.1 Å². The molecule has 0 saturated carbocycles. The number of likely N-dealkylation sites (tertiary alicyclic amines) is 1. The number of hydrogen-bond donors (Lipinski definition) is 2. The predicted octanol–water partition coefficient (Wildman–Crippen LogP) is 3.03. The van der Waals surface area contributed by atoms with Crippen LogP contribution in [0.4, 0.5) is 4.79 Å². The van der Waals surface area contributed by atoms with Gasteiger partial charge in [0, 0.05) is 12.6 Å². The summed E-state index contributed by atoms with van der Waals surface area (Å²) in [6.07, 6.45) is -0.513. The van der Waals surface area contributed by atoms with Gasteiger partial charge in [0.1, 0.15) is 0 Å². The lowest BCUT2D eigenvalue weighted by atomic mass is 10.1. The molecule has 2 aromatic rings. The topological polar surface area (TPSA) is 75.8 Å². The van der Waals surface area contributed by atoms with Gasteiger partial charge in [0.2, 0.25) is 0 Å². The summed E-state index contributed by atoms with van der Waals surface area (Å²) in [5, 5.41) is 11.9. The number of carboxylic acid groups (broad SMARTS) is 1. The average Bonchev–Trinajstić information content (AvgIpc) is 3.10. The molecular formula is C23H32N2O3Si. The highest BCUT2D eigenvalue weighted by molar-refractivity contribution is 6.99. The maximum absolute atomic E-state index is 11.8. The van der Waals surface area contributed by atoms with Gasteiger partial charge in [0.25, 0.3) is 8.32 Å². The molecule has 2 aromatic carbocycles. The third-order valence-electron chi connectivity index (χ3n) is 5.92. The van der Waals surface area contributed by atoms with Crippen LogP contribution in [0.3, 0.4) is 0 Å². The minimum Gasteiger partial charge on any atom is -0.465 e. The second kappa shape index (κ2) is 8.30. The molecule has 3 N–H and O–H groups in total. The number of carbonyl (C=O) groups is 1. The van der Waals surface area contributed by atoms with Crippen LogP contribution in [-0.4, -0.2) is 49.1 Å². The molecule has 1 aliphatic rings. The summed E-state index contributed by atoms with van der Waals surface area (Å²) in [6.45, 7) is 9.00. The Morgan fingerprint density at radius 1 is 1.10 bits per heavy atom. The van der Waals surface area contributed by atoms with Crippen LogP contribution in [0.5, 0.6) is 0 Å². The highest BCUT2D eigenvalue weighted by Gasteiger charge is 2.54. The van der Waals surface area contributed by atoms with Crippen LogP contribution in [-0.2, 0) is 4.43 Å². The number of hydrogen-bond acceptors (Lipinski definition) is 3. The van der Waals surface area contributed by atoms with Gasteiger partial charge in [0.05, 0.1) is 12.1 Å². The third-order valence-corrected chi connectivity index (χ3v) is 11.0. The lowest BCUT2D eigenvalue weighted by Gasteiger charge is -2.46. The van der Waals surface area contributed by atoms with Gasteiger partial charge in [-0.1, -0.05) is 81.4 Å². The summed E-state index contributed by atoms with van der Waals surface area (Å²) in [6, 6.07) is 20.2. The average molecular weight is 413 g/mol. The van der Waals surface area contributed by atoms with Crippen molar-refractivity contribution >= 4 is 24.8 Å². The molecule has 5 nitrogen and oxygen atoms in total. The monoisotopic (exact) mass is 412 g/mol. The van der Waals surface area contributed by atoms with Crippen molar-refractivity contribution in [3.63, 3.8) is 0 Å². The van der Waals surface area contributed by atoms with Gasteiger partial charge < -0.3 is 20.2 Å². The minimum atomic E-state index is -2.74. The molecule has 3 rings (SSSR count). The number of rotatable bonds is 5. The molecule has 0 spiro atoms. The second-order valence-electron chi connectivity index (χ2n) is 8.93. The van der Waals surface area contributed by atoms with E-state index >= 15 is 0 Å². The number of nitrogens with two attached hydrogens (primary N) is 1. The van der Waals surface area contributed by atoms with Crippen molar-refractivity contribution in [2.75, 3.05) is 6.54 Å². The first-order chi connectivity index (χ1) is 13.7. The van der Waals surface area contributed by atoms with Crippen LogP contribution in [0.15, 0.2) is 60.7 Å². The highest BCUT2D eigenvalue weighted by Crippen LogP contribution is 2.39. The molecular weight excluding hydrogens is 380 g/mol. The van der Waals surface area contributed by atoms with Gasteiger partial charge in [-0.05, 0) is 28.8 Å². The Balaban J connectivity index is 2.15. The fourth-order valence-corrected chi connectivity index (χ4v) is 9.41. The van der Waals surface area contributed by atoms with Gasteiger partial charge in [-0.15, -0.1) is 0 Å². The molecule has 1 saturated heterocycles. The normalized spacial score (nSPS) is 21.2. The Bertz CT molecular complexity index is 782. The third kappa shape index (κ3) is 3.97. The maximum Gasteiger partial charge on any atom is 0.407 e. The number of amides is 1. The van der Waals surface area contributed by atoms with E-state index in [0.29, 0.717) is 13.0 Å². The SMILES string of the molecule is CC(N)[C@@H]1[C@@H](O[Si](c2ccccc2)(c2ccccc2)C(C)(C)C)CCN1C(=O)O. The Morgan fingerprint density at radius 3 is 1.97 bits per heavy atom. The zero-order valence-electron chi connectivity index (χ0n) is 17.7. The van der Waals surface area contributed by atoms with Crippen LogP contribution in [0.2, 0.25) is 5.04 Å². The fraction of sp³-hybridized carbons (Fsp3) is 0.435. The van der Waals surface area contributed by atoms with Gasteiger partial charge in [-0.25, -0.2) is 4.79 Å². The summed E-state index contributed by atoms with van der Waals surface area (Å²) < 4.78 is 7.14. The van der Waals surface area contributed by atoms with Crippen molar-refractivity contribution in [1.82, 2.24) is 4.90 Å². The zero-order chi connectivity index (χ0) is 21.2. The second-order valence-corrected chi connectivity index (χ2v) is 13.2. The summed E-state index contributed by atoms with van der Waals surface area (Å²) in [5.41, 5.74) is 6.25. The standard InChI is InChI=1S/C23H32N2O3Si/c1-17(24)21-20(15-16-25(21)22(26)27)28-29(23(2,3)4,18-11-7-5-8-12-18)19-13-9-6-10-14-19/h5-14,17,20-21H,15-16,24H2,1-4H3,(H,26,27)/t17?,20-,21+/m0/s1. The summed E-state index contributed by atoms with van der Waals surface area (Å²) in [4.78, 5) is 13.2. The van der Waals surface area contributed by atoms with E-state index in [0.717, 1.165) is 0 Å². The summed E-state index contributed by atoms with van der Waals surface area (Å²) in [7, 11) is -2.74. The molecule has 1 fully saturated rings. The number of nitrogens with zero attached hydrogens (tertiary/aromatic N) is 1. The largest absolute Gasteiger partial charge is 0.465 e. The molecule has 29 heavy (non-hydrogen) atoms. The quantitative estimate of drug-likeness (QED) is 0.740. The van der Waals surface area contributed by atoms with Crippen LogP contribution in [0.25, 0.3) is 0 Å². The molecule has 0 aliphatic carbocycles. The fourth-order valence-electron chi connectivity index (χ4n) is 4.68. The molecule has 0 bridgehead atoms. The lowest BCUT2D eigenvalue weighted by Crippen LogP contribution is -2.69. The molecule has 1 amide bonds. The predicted molar refractivity (Wildman–Crippen MR) is 119 cm³/mol. The summed E-state index contributed by atoms with van der Waals surface area (Å²) in [5.74, 6) is 0. The zero-order valence-corrected chi connectivity index (χ0v) is 18.7. The Hall–Kier alpha value is -2.15. The summed E-state index contributed by atoms with van der Waals surface area (Å²) >= 11 is 0. The first-order valence-electron chi connectivity index (χ1n) is 10.2. The van der Waals surface area contributed by atoms with Crippen molar-refractivity contribution in [2.24, 2.45) is 5.73 Å². The first-order valence-corrected chi connectivity index (χ1v) is 12.1. The van der Waals surface area contributed by atoms with E-state index in [2.05, 4.69) is 69.3 Å². The minimum absolute atomic E-state index is 0.158. The van der Waals surface area contributed by atoms with Gasteiger partial charge in [-0.2, -0.15) is 0 Å². The smallest absolute Gasteiger partial charge is 0.407 e. The van der Waals surface area contributed by atoms with Crippen LogP contribution in [0, 0.1) is 0 Å². The Kier molecular flexibility index (Phi) is 6.17. The van der Waals surface area contributed by atoms with Crippen molar-refractivity contribution in [3.8, 4) is 0 Å². The van der Waals surface area contributed by atoms with E-state index in [-0.39, 0.29) is 23.2 Å². The molecule has 6 heteroatoms. The van der Waals surface area contributed by atoms with Crippen LogP contribution >= 0.6 is 0 Å². The molecule has 156 valence electrons. The molecule has 1 unspecified atom stereocenters. The van der Waals surface area contributed by atoms with E-state index < -0.39 is 14.4 Å². The molecule has 1 aliphatic heterocycles. The van der Waals surface area contributed by atoms with Crippen LogP contribution in [0.1, 0.15) is 34.1 Å². The highest BCUT2D eigenvalue weighted by atomic mass is 28.4. The van der Waals surface area contributed by atoms with Gasteiger partial charge in [0.15, 0.2) is 0 Å². The lowest BCUT2D eigenvalue weighted by molar-refractivity contribution is 0.0975. The van der Waals surface area contributed by atoms with Gasteiger partial charge >= 0.3 is 6.09 Å². The van der Waals surface area contributed by atoms with Gasteiger partial charge in [-0.3, -0.25) is 0 Å². The van der Waals surface area contributed by atoms with E-state index in [1.165, 1.54) is 15.3 Å². The van der Waals surface area contributed by atoms with E-state index in [1.54, 1.807) is 0 Å². The maximum atomic E-state index is 11.8. The van der Waals surface area contributed by atoms with E-state index in [9.17, 15) is 9.90 Å². The molecule has 1 heterocycles. The Morgan fingerprint density at radius 2 is 1.59 bits per heavy atom. The van der Waals surface area contributed by atoms with Crippen molar-refractivity contribution in [3.05, 3.63) is 60.7 Å². The Labute approximate surface area is 174 Å². The van der Waals surface area contributed by atoms with E-state index in [1.807, 2.05) is 19.1 Å². The first kappa shape index (κ1) is 21.6. The molecule has 3 atom stereocenters.